The summed E-state index contributed by atoms with van der Waals surface area (Å²) in [7, 11) is 0. The Bertz CT molecular complexity index is 670. The lowest BCUT2D eigenvalue weighted by Gasteiger charge is -2.08. The van der Waals surface area contributed by atoms with Crippen molar-refractivity contribution in [2.45, 2.75) is 13.1 Å². The Morgan fingerprint density at radius 3 is 2.60 bits per heavy atom. The molecule has 0 radical (unpaired) electrons. The lowest BCUT2D eigenvalue weighted by molar-refractivity contribution is 0.102. The fraction of sp³-hybridized carbons (Fsp3) is 0.154. The number of carbonyl (C=O) groups is 1. The van der Waals surface area contributed by atoms with E-state index in [9.17, 15) is 4.79 Å². The molecule has 1 aromatic heterocycles. The highest BCUT2D eigenvalue weighted by Crippen LogP contribution is 2.26. The first-order chi connectivity index (χ1) is 9.65. The lowest BCUT2D eigenvalue weighted by atomic mass is 10.1. The summed E-state index contributed by atoms with van der Waals surface area (Å²) in [5, 5.41) is 6.09. The van der Waals surface area contributed by atoms with Crippen LogP contribution in [0.5, 0.6) is 0 Å². The highest BCUT2D eigenvalue weighted by molar-refractivity contribution is 6.38. The topological polar surface area (TPSA) is 66.9 Å². The van der Waals surface area contributed by atoms with Gasteiger partial charge in [0.05, 0.1) is 0 Å². The molecule has 1 aromatic carbocycles. The molecule has 5 nitrogen and oxygen atoms in total. The van der Waals surface area contributed by atoms with Gasteiger partial charge in [0, 0.05) is 18.7 Å². The van der Waals surface area contributed by atoms with Crippen LogP contribution >= 0.6 is 23.2 Å². The molecule has 7 heteroatoms. The number of anilines is 1. The summed E-state index contributed by atoms with van der Waals surface area (Å²) < 4.78 is 0. The molecule has 0 saturated heterocycles. The van der Waals surface area contributed by atoms with Crippen LogP contribution in [0.1, 0.15) is 21.5 Å². The molecule has 1 amide bonds. The number of carbonyl (C=O) groups excluding carboxylic acids is 1. The van der Waals surface area contributed by atoms with E-state index in [4.69, 9.17) is 23.2 Å². The molecule has 0 unspecified atom stereocenters. The highest BCUT2D eigenvalue weighted by atomic mass is 35.5. The fourth-order valence-electron chi connectivity index (χ4n) is 2.07. The summed E-state index contributed by atoms with van der Waals surface area (Å²) >= 11 is 11.8. The lowest BCUT2D eigenvalue weighted by Crippen LogP contribution is -2.13. The number of benzene rings is 1. The first kappa shape index (κ1) is 13.3. The van der Waals surface area contributed by atoms with Crippen molar-refractivity contribution in [2.24, 2.45) is 0 Å². The van der Waals surface area contributed by atoms with E-state index in [1.807, 2.05) is 12.1 Å². The monoisotopic (exact) mass is 308 g/mol. The van der Waals surface area contributed by atoms with Gasteiger partial charge in [0.2, 0.25) is 0 Å². The number of hydrogen-bond acceptors (Lipinski definition) is 4. The number of halogens is 2. The normalized spacial score (nSPS) is 13.1. The van der Waals surface area contributed by atoms with Crippen LogP contribution in [0.25, 0.3) is 0 Å². The van der Waals surface area contributed by atoms with Gasteiger partial charge in [-0.2, -0.15) is 0 Å². The third-order valence-electron chi connectivity index (χ3n) is 3.09. The Morgan fingerprint density at radius 2 is 1.85 bits per heavy atom. The molecule has 3 rings (SSSR count). The molecule has 0 spiro atoms. The second kappa shape index (κ2) is 5.36. The minimum Gasteiger partial charge on any atom is -0.317 e. The van der Waals surface area contributed by atoms with Gasteiger partial charge in [-0.25, -0.2) is 9.97 Å². The largest absolute Gasteiger partial charge is 0.317 e. The summed E-state index contributed by atoms with van der Waals surface area (Å²) in [4.78, 5) is 19.8. The van der Waals surface area contributed by atoms with Crippen LogP contribution in [-0.2, 0) is 13.1 Å². The highest BCUT2D eigenvalue weighted by Gasteiger charge is 2.16. The summed E-state index contributed by atoms with van der Waals surface area (Å²) in [5.41, 5.74) is 3.10. The molecular weight excluding hydrogens is 299 g/mol. The number of nitrogens with zero attached hydrogens (tertiary/aromatic N) is 2. The van der Waals surface area contributed by atoms with Gasteiger partial charge in [-0.05, 0) is 23.3 Å². The minimum absolute atomic E-state index is 0.112. The van der Waals surface area contributed by atoms with Crippen LogP contribution in [0, 0.1) is 0 Å². The number of fused-ring (bicyclic) bond motifs is 1. The predicted octanol–water partition coefficient (Wildman–Crippen LogP) is 2.64. The van der Waals surface area contributed by atoms with Crippen LogP contribution in [0.4, 0.5) is 5.69 Å². The van der Waals surface area contributed by atoms with Gasteiger partial charge in [0.25, 0.3) is 5.91 Å². The molecule has 102 valence electrons. The number of amides is 1. The van der Waals surface area contributed by atoms with Gasteiger partial charge >= 0.3 is 0 Å². The van der Waals surface area contributed by atoms with Crippen molar-refractivity contribution in [2.75, 3.05) is 5.32 Å². The van der Waals surface area contributed by atoms with Gasteiger partial charge in [-0.1, -0.05) is 29.3 Å². The number of rotatable bonds is 2. The van der Waals surface area contributed by atoms with E-state index >= 15 is 0 Å². The molecule has 0 bridgehead atoms. The van der Waals surface area contributed by atoms with Crippen LogP contribution in [0.2, 0.25) is 10.3 Å². The van der Waals surface area contributed by atoms with Gasteiger partial charge in [-0.15, -0.1) is 0 Å². The Labute approximate surface area is 125 Å². The number of hydrogen-bond donors (Lipinski definition) is 2. The van der Waals surface area contributed by atoms with E-state index < -0.39 is 0 Å². The van der Waals surface area contributed by atoms with E-state index in [2.05, 4.69) is 20.6 Å². The van der Waals surface area contributed by atoms with E-state index in [-0.39, 0.29) is 21.9 Å². The minimum atomic E-state index is -0.293. The Hall–Kier alpha value is -1.69. The maximum absolute atomic E-state index is 12.2. The molecule has 2 N–H and O–H groups in total. The van der Waals surface area contributed by atoms with Crippen LogP contribution in [0.15, 0.2) is 24.5 Å². The van der Waals surface area contributed by atoms with Crippen molar-refractivity contribution in [3.8, 4) is 0 Å². The number of aromatic nitrogens is 2. The second-order valence-corrected chi connectivity index (χ2v) is 5.09. The van der Waals surface area contributed by atoms with Crippen molar-refractivity contribution >= 4 is 34.8 Å². The van der Waals surface area contributed by atoms with Crippen molar-refractivity contribution in [1.29, 1.82) is 0 Å². The van der Waals surface area contributed by atoms with Gasteiger partial charge in [0.1, 0.15) is 12.0 Å². The fourth-order valence-corrected chi connectivity index (χ4v) is 2.48. The number of nitrogens with one attached hydrogen (secondary N) is 2. The molecule has 0 saturated carbocycles. The van der Waals surface area contributed by atoms with E-state index in [0.717, 1.165) is 18.7 Å². The first-order valence-corrected chi connectivity index (χ1v) is 6.70. The Morgan fingerprint density at radius 1 is 1.15 bits per heavy atom. The van der Waals surface area contributed by atoms with Crippen LogP contribution in [-0.4, -0.2) is 15.9 Å². The van der Waals surface area contributed by atoms with Gasteiger partial charge in [0.15, 0.2) is 10.3 Å². The molecule has 1 aliphatic rings. The summed E-state index contributed by atoms with van der Waals surface area (Å²) in [6, 6.07) is 5.57. The Balaban J connectivity index is 1.86. The van der Waals surface area contributed by atoms with E-state index in [1.54, 1.807) is 6.07 Å². The van der Waals surface area contributed by atoms with Crippen molar-refractivity contribution in [3.63, 3.8) is 0 Å². The maximum atomic E-state index is 12.2. The first-order valence-electron chi connectivity index (χ1n) is 5.95. The molecule has 20 heavy (non-hydrogen) atoms. The van der Waals surface area contributed by atoms with E-state index in [1.165, 1.54) is 11.9 Å². The van der Waals surface area contributed by atoms with Crippen molar-refractivity contribution < 1.29 is 4.79 Å². The summed E-state index contributed by atoms with van der Waals surface area (Å²) in [6.45, 7) is 1.60. The molecular formula is C13H10Cl2N4O. The zero-order valence-corrected chi connectivity index (χ0v) is 11.8. The smallest absolute Gasteiger partial charge is 0.255 e. The molecule has 0 aliphatic carbocycles. The third kappa shape index (κ3) is 2.47. The van der Waals surface area contributed by atoms with Gasteiger partial charge < -0.3 is 10.6 Å². The van der Waals surface area contributed by atoms with Crippen LogP contribution in [0.3, 0.4) is 0 Å². The van der Waals surface area contributed by atoms with Crippen molar-refractivity contribution in [1.82, 2.24) is 15.3 Å². The average molecular weight is 309 g/mol. The summed E-state index contributed by atoms with van der Waals surface area (Å²) in [5.74, 6) is -0.293. The van der Waals surface area contributed by atoms with Crippen molar-refractivity contribution in [3.05, 3.63) is 51.5 Å². The standard InChI is InChI=1S/C13H10Cl2N4O/c14-11-10(12(15)18-6-17-11)19-13(20)7-1-2-8-4-16-5-9(8)3-7/h1-3,6,16H,4-5H2,(H,19,20). The zero-order chi connectivity index (χ0) is 14.1. The molecule has 2 aromatic rings. The molecule has 0 atom stereocenters. The van der Waals surface area contributed by atoms with E-state index in [0.29, 0.717) is 5.56 Å². The predicted molar refractivity (Wildman–Crippen MR) is 77.0 cm³/mol. The Kier molecular flexibility index (Phi) is 3.56. The molecule has 1 aliphatic heterocycles. The second-order valence-electron chi connectivity index (χ2n) is 4.37. The average Bonchev–Trinajstić information content (AvgIpc) is 2.90. The molecule has 2 heterocycles. The SMILES string of the molecule is O=C(Nc1c(Cl)ncnc1Cl)c1ccc2c(c1)CNC2. The maximum Gasteiger partial charge on any atom is 0.255 e. The summed E-state index contributed by atoms with van der Waals surface area (Å²) in [6.07, 6.45) is 1.24. The van der Waals surface area contributed by atoms with Crippen LogP contribution < -0.4 is 10.6 Å². The molecule has 0 fully saturated rings. The quantitative estimate of drug-likeness (QED) is 0.837. The third-order valence-corrected chi connectivity index (χ3v) is 3.67. The zero-order valence-electron chi connectivity index (χ0n) is 10.3. The van der Waals surface area contributed by atoms with Gasteiger partial charge in [-0.3, -0.25) is 4.79 Å².